The number of nitrogens with zero attached hydrogens (tertiary/aromatic N) is 4. The molecule has 1 spiro atoms. The molecular formula is C24H26N4. The molecule has 0 radical (unpaired) electrons. The maximum Gasteiger partial charge on any atom is 0.137 e. The van der Waals surface area contributed by atoms with Crippen LogP contribution in [0.3, 0.4) is 0 Å². The fourth-order valence-electron chi connectivity index (χ4n) is 6.05. The zero-order chi connectivity index (χ0) is 18.9. The van der Waals surface area contributed by atoms with E-state index in [4.69, 9.17) is 4.98 Å². The Hall–Kier alpha value is -2.62. The highest BCUT2D eigenvalue weighted by molar-refractivity contribution is 5.76. The third kappa shape index (κ3) is 2.01. The number of pyridine rings is 1. The van der Waals surface area contributed by atoms with Gasteiger partial charge in [0.15, 0.2) is 0 Å². The minimum absolute atomic E-state index is 0.244. The Labute approximate surface area is 166 Å². The number of fused-ring (bicyclic) bond motifs is 5. The minimum atomic E-state index is 0.244. The van der Waals surface area contributed by atoms with E-state index in [1.807, 2.05) is 12.4 Å². The second kappa shape index (κ2) is 5.69. The number of imidazole rings is 1. The highest BCUT2D eigenvalue weighted by Crippen LogP contribution is 2.55. The Kier molecular flexibility index (Phi) is 3.32. The molecule has 0 bridgehead atoms. The highest BCUT2D eigenvalue weighted by atomic mass is 15.3. The minimum Gasteiger partial charge on any atom is -0.322 e. The van der Waals surface area contributed by atoms with Crippen LogP contribution in [0.25, 0.3) is 5.69 Å². The molecule has 1 fully saturated rings. The van der Waals surface area contributed by atoms with Crippen LogP contribution in [0.1, 0.15) is 61.5 Å². The molecule has 1 aromatic carbocycles. The monoisotopic (exact) mass is 370 g/mol. The van der Waals surface area contributed by atoms with Gasteiger partial charge in [0.25, 0.3) is 0 Å². The van der Waals surface area contributed by atoms with Crippen molar-refractivity contribution in [2.24, 2.45) is 0 Å². The van der Waals surface area contributed by atoms with Crippen molar-refractivity contribution in [1.82, 2.24) is 14.5 Å². The maximum atomic E-state index is 4.89. The van der Waals surface area contributed by atoms with Crippen molar-refractivity contribution in [1.29, 1.82) is 0 Å². The quantitative estimate of drug-likeness (QED) is 0.460. The molecule has 1 atom stereocenters. The van der Waals surface area contributed by atoms with Gasteiger partial charge in [0.2, 0.25) is 0 Å². The Morgan fingerprint density at radius 2 is 1.89 bits per heavy atom. The van der Waals surface area contributed by atoms with E-state index in [1.54, 1.807) is 0 Å². The first kappa shape index (κ1) is 16.3. The zero-order valence-electron chi connectivity index (χ0n) is 16.7. The van der Waals surface area contributed by atoms with Gasteiger partial charge in [-0.2, -0.15) is 0 Å². The molecular weight excluding hydrogens is 344 g/mol. The summed E-state index contributed by atoms with van der Waals surface area (Å²) < 4.78 is 2.24. The van der Waals surface area contributed by atoms with Gasteiger partial charge in [-0.15, -0.1) is 0 Å². The molecule has 0 saturated heterocycles. The van der Waals surface area contributed by atoms with Gasteiger partial charge in [-0.3, -0.25) is 0 Å². The van der Waals surface area contributed by atoms with E-state index in [0.717, 1.165) is 12.2 Å². The topological polar surface area (TPSA) is 34.0 Å². The van der Waals surface area contributed by atoms with Gasteiger partial charge in [0, 0.05) is 47.7 Å². The van der Waals surface area contributed by atoms with Crippen LogP contribution in [0, 0.1) is 6.92 Å². The molecule has 1 saturated carbocycles. The summed E-state index contributed by atoms with van der Waals surface area (Å²) in [5.74, 6) is 2.31. The summed E-state index contributed by atoms with van der Waals surface area (Å²) in [4.78, 5) is 12.0. The first-order valence-electron chi connectivity index (χ1n) is 10.6. The first-order chi connectivity index (χ1) is 13.7. The fraction of sp³-hybridized carbons (Fsp3) is 0.417. The van der Waals surface area contributed by atoms with Gasteiger partial charge in [-0.25, -0.2) is 9.97 Å². The van der Waals surface area contributed by atoms with Crippen LogP contribution in [0.15, 0.2) is 42.9 Å². The predicted octanol–water partition coefficient (Wildman–Crippen LogP) is 5.22. The van der Waals surface area contributed by atoms with Crippen molar-refractivity contribution in [3.8, 4) is 5.69 Å². The molecule has 0 amide bonds. The normalized spacial score (nSPS) is 21.6. The molecule has 1 aliphatic carbocycles. The van der Waals surface area contributed by atoms with Crippen LogP contribution in [-0.4, -0.2) is 20.6 Å². The second-order valence-corrected chi connectivity index (χ2v) is 8.80. The maximum absolute atomic E-state index is 4.89. The summed E-state index contributed by atoms with van der Waals surface area (Å²) in [5, 5.41) is 0. The lowest BCUT2D eigenvalue weighted by Gasteiger charge is -2.40. The van der Waals surface area contributed by atoms with E-state index in [0.29, 0.717) is 6.04 Å². The van der Waals surface area contributed by atoms with Crippen LogP contribution in [-0.2, 0) is 11.8 Å². The van der Waals surface area contributed by atoms with Crippen LogP contribution in [0.2, 0.25) is 0 Å². The van der Waals surface area contributed by atoms with Crippen molar-refractivity contribution >= 4 is 11.5 Å². The molecule has 4 heteroatoms. The number of anilines is 2. The number of aromatic nitrogens is 3. The van der Waals surface area contributed by atoms with Crippen molar-refractivity contribution in [3.05, 3.63) is 65.4 Å². The number of hydrogen-bond donors (Lipinski definition) is 0. The molecule has 3 aliphatic rings. The van der Waals surface area contributed by atoms with Gasteiger partial charge >= 0.3 is 0 Å². The lowest BCUT2D eigenvalue weighted by Crippen LogP contribution is -2.42. The Balaban J connectivity index is 1.54. The van der Waals surface area contributed by atoms with Gasteiger partial charge < -0.3 is 9.47 Å². The standard InChI is InChI=1S/C24H26N4/c1-16-13-18-14-22-25-11-12-27(22)21(18)15-20(16)28-17(2)24(8-4-3-5-9-24)19-7-6-10-26-23(19)28/h6-7,10-13,15,17H,3-5,8-9,14H2,1-2H3. The highest BCUT2D eigenvalue weighted by Gasteiger charge is 2.50. The molecule has 0 N–H and O–H groups in total. The van der Waals surface area contributed by atoms with Gasteiger partial charge in [0.1, 0.15) is 11.6 Å². The van der Waals surface area contributed by atoms with E-state index < -0.39 is 0 Å². The summed E-state index contributed by atoms with van der Waals surface area (Å²) in [5.41, 5.74) is 7.00. The van der Waals surface area contributed by atoms with E-state index >= 15 is 0 Å². The molecule has 6 rings (SSSR count). The average molecular weight is 371 g/mol. The number of hydrogen-bond acceptors (Lipinski definition) is 3. The molecule has 2 aliphatic heterocycles. The number of benzene rings is 1. The zero-order valence-corrected chi connectivity index (χ0v) is 16.7. The predicted molar refractivity (Wildman–Crippen MR) is 112 cm³/mol. The molecule has 28 heavy (non-hydrogen) atoms. The lowest BCUT2D eigenvalue weighted by molar-refractivity contribution is 0.268. The van der Waals surface area contributed by atoms with E-state index in [1.165, 1.54) is 66.0 Å². The van der Waals surface area contributed by atoms with E-state index in [2.05, 4.69) is 58.8 Å². The first-order valence-corrected chi connectivity index (χ1v) is 10.6. The SMILES string of the molecule is Cc1cc2c(cc1N1c3ncccc3C3(CCCCC3)C1C)-n1ccnc1C2. The molecule has 4 heterocycles. The van der Waals surface area contributed by atoms with E-state index in [-0.39, 0.29) is 5.41 Å². The largest absolute Gasteiger partial charge is 0.322 e. The molecule has 4 nitrogen and oxygen atoms in total. The molecule has 3 aromatic rings. The van der Waals surface area contributed by atoms with Crippen molar-refractivity contribution in [2.45, 2.75) is 63.8 Å². The summed E-state index contributed by atoms with van der Waals surface area (Å²) in [7, 11) is 0. The van der Waals surface area contributed by atoms with Gasteiger partial charge in [0.05, 0.1) is 5.69 Å². The molecule has 2 aromatic heterocycles. The van der Waals surface area contributed by atoms with Crippen molar-refractivity contribution in [3.63, 3.8) is 0 Å². The number of rotatable bonds is 1. The van der Waals surface area contributed by atoms with Crippen LogP contribution in [0.4, 0.5) is 11.5 Å². The smallest absolute Gasteiger partial charge is 0.137 e. The van der Waals surface area contributed by atoms with Gasteiger partial charge in [-0.1, -0.05) is 31.4 Å². The van der Waals surface area contributed by atoms with E-state index in [9.17, 15) is 0 Å². The third-order valence-electron chi connectivity index (χ3n) is 7.47. The van der Waals surface area contributed by atoms with Crippen LogP contribution >= 0.6 is 0 Å². The Morgan fingerprint density at radius 1 is 1.04 bits per heavy atom. The Bertz CT molecular complexity index is 1070. The average Bonchev–Trinajstić information content (AvgIpc) is 3.36. The third-order valence-corrected chi connectivity index (χ3v) is 7.47. The van der Waals surface area contributed by atoms with Crippen molar-refractivity contribution in [2.75, 3.05) is 4.90 Å². The fourth-order valence-corrected chi connectivity index (χ4v) is 6.05. The van der Waals surface area contributed by atoms with Crippen molar-refractivity contribution < 1.29 is 0 Å². The summed E-state index contributed by atoms with van der Waals surface area (Å²) in [6.07, 6.45) is 13.5. The molecule has 1 unspecified atom stereocenters. The summed E-state index contributed by atoms with van der Waals surface area (Å²) in [6, 6.07) is 9.62. The molecule has 142 valence electrons. The van der Waals surface area contributed by atoms with Crippen LogP contribution < -0.4 is 4.90 Å². The van der Waals surface area contributed by atoms with Gasteiger partial charge in [-0.05, 0) is 49.9 Å². The summed E-state index contributed by atoms with van der Waals surface area (Å²) in [6.45, 7) is 4.67. The second-order valence-electron chi connectivity index (χ2n) is 8.80. The number of aryl methyl sites for hydroxylation is 1. The lowest BCUT2D eigenvalue weighted by atomic mass is 9.67. The Morgan fingerprint density at radius 3 is 2.75 bits per heavy atom. The van der Waals surface area contributed by atoms with Crippen LogP contribution in [0.5, 0.6) is 0 Å². The summed E-state index contributed by atoms with van der Waals surface area (Å²) >= 11 is 0.